The number of nitrogens with zero attached hydrogens (tertiary/aromatic N) is 5. The maximum absolute atomic E-state index is 6.18. The Morgan fingerprint density at radius 3 is 2.83 bits per heavy atom. The Morgan fingerprint density at radius 2 is 2.13 bits per heavy atom. The molecule has 0 aromatic carbocycles. The second-order valence-corrected chi connectivity index (χ2v) is 6.51. The Kier molecular flexibility index (Phi) is 5.17. The van der Waals surface area contributed by atoms with E-state index in [1.807, 2.05) is 17.9 Å². The van der Waals surface area contributed by atoms with E-state index in [1.165, 1.54) is 18.5 Å². The molecular weight excluding hydrogens is 292 g/mol. The van der Waals surface area contributed by atoms with Crippen molar-refractivity contribution in [1.29, 1.82) is 0 Å². The summed E-state index contributed by atoms with van der Waals surface area (Å²) in [6.07, 6.45) is 4.27. The van der Waals surface area contributed by atoms with E-state index >= 15 is 0 Å². The molecular formula is C16H28N6O. The quantitative estimate of drug-likeness (QED) is 0.647. The van der Waals surface area contributed by atoms with Crippen molar-refractivity contribution >= 4 is 5.96 Å². The van der Waals surface area contributed by atoms with Gasteiger partial charge in [0, 0.05) is 32.9 Å². The second kappa shape index (κ2) is 7.31. The predicted octanol–water partition coefficient (Wildman–Crippen LogP) is 0.450. The van der Waals surface area contributed by atoms with Gasteiger partial charge in [-0.1, -0.05) is 0 Å². The number of aryl methyl sites for hydroxylation is 1. The van der Waals surface area contributed by atoms with E-state index in [1.54, 1.807) is 0 Å². The lowest BCUT2D eigenvalue weighted by Gasteiger charge is -2.38. The smallest absolute Gasteiger partial charge is 0.191 e. The van der Waals surface area contributed by atoms with Crippen LogP contribution in [0.3, 0.4) is 0 Å². The summed E-state index contributed by atoms with van der Waals surface area (Å²) < 4.78 is 7.35. The highest BCUT2D eigenvalue weighted by Gasteiger charge is 2.32. The number of aliphatic imine (C=N–C) groups is 1. The van der Waals surface area contributed by atoms with Crippen LogP contribution in [0.4, 0.5) is 0 Å². The molecule has 1 aromatic rings. The Balaban J connectivity index is 1.70. The first-order chi connectivity index (χ1) is 11.2. The van der Waals surface area contributed by atoms with Gasteiger partial charge in [-0.05, 0) is 38.4 Å². The molecule has 3 rings (SSSR count). The van der Waals surface area contributed by atoms with Gasteiger partial charge < -0.3 is 15.4 Å². The zero-order valence-electron chi connectivity index (χ0n) is 14.2. The number of guanidine groups is 1. The van der Waals surface area contributed by atoms with Crippen LogP contribution in [0.1, 0.15) is 24.6 Å². The van der Waals surface area contributed by atoms with Crippen molar-refractivity contribution in [2.24, 2.45) is 23.7 Å². The summed E-state index contributed by atoms with van der Waals surface area (Å²) in [5.41, 5.74) is 7.44. The van der Waals surface area contributed by atoms with E-state index < -0.39 is 0 Å². The molecule has 0 aliphatic carbocycles. The molecule has 1 aromatic heterocycles. The molecule has 2 fully saturated rings. The van der Waals surface area contributed by atoms with Crippen molar-refractivity contribution in [3.05, 3.63) is 18.0 Å². The Hall–Kier alpha value is -1.60. The highest BCUT2D eigenvalue weighted by atomic mass is 16.5. The number of aromatic nitrogens is 2. The Morgan fingerprint density at radius 1 is 1.35 bits per heavy atom. The monoisotopic (exact) mass is 320 g/mol. The van der Waals surface area contributed by atoms with E-state index in [2.05, 4.69) is 28.0 Å². The molecule has 2 aliphatic rings. The van der Waals surface area contributed by atoms with E-state index in [9.17, 15) is 0 Å². The van der Waals surface area contributed by atoms with Gasteiger partial charge in [0.1, 0.15) is 0 Å². The summed E-state index contributed by atoms with van der Waals surface area (Å²) in [4.78, 5) is 9.25. The van der Waals surface area contributed by atoms with Crippen LogP contribution in [0.15, 0.2) is 17.3 Å². The average Bonchev–Trinajstić information content (AvgIpc) is 2.99. The van der Waals surface area contributed by atoms with Crippen LogP contribution in [-0.4, -0.2) is 72.0 Å². The second-order valence-electron chi connectivity index (χ2n) is 6.51. The first-order valence-electron chi connectivity index (χ1n) is 8.47. The third-order valence-corrected chi connectivity index (χ3v) is 4.99. The minimum Gasteiger partial charge on any atom is -0.378 e. The Labute approximate surface area is 138 Å². The number of rotatable bonds is 3. The summed E-state index contributed by atoms with van der Waals surface area (Å²) in [6, 6.07) is 2.48. The highest BCUT2D eigenvalue weighted by Crippen LogP contribution is 2.34. The first-order valence-corrected chi connectivity index (χ1v) is 8.47. The zero-order valence-corrected chi connectivity index (χ0v) is 14.2. The number of ether oxygens (including phenoxy) is 1. The first kappa shape index (κ1) is 16.3. The number of hydrogen-bond acceptors (Lipinski definition) is 4. The van der Waals surface area contributed by atoms with Crippen LogP contribution >= 0.6 is 0 Å². The number of nitrogens with two attached hydrogens (primary N) is 1. The van der Waals surface area contributed by atoms with E-state index in [0.717, 1.165) is 39.4 Å². The highest BCUT2D eigenvalue weighted by molar-refractivity contribution is 5.78. The van der Waals surface area contributed by atoms with Crippen LogP contribution in [0.2, 0.25) is 0 Å². The standard InChI is InChI=1S/C16H28N6O/c1-20-7-3-4-13(15(20)14-5-6-19-21(14)2)12-18-16(17)22-8-10-23-11-9-22/h5-6,13,15H,3-4,7-12H2,1-2H3,(H2,17,18)/t13-,15+/m0/s1. The number of likely N-dealkylation sites (tertiary alicyclic amines) is 1. The molecule has 2 saturated heterocycles. The molecule has 0 bridgehead atoms. The largest absolute Gasteiger partial charge is 0.378 e. The van der Waals surface area contributed by atoms with Crippen molar-refractivity contribution in [2.45, 2.75) is 18.9 Å². The molecule has 0 radical (unpaired) electrons. The molecule has 2 N–H and O–H groups in total. The summed E-state index contributed by atoms with van der Waals surface area (Å²) in [6.45, 7) is 5.04. The lowest BCUT2D eigenvalue weighted by Crippen LogP contribution is -2.45. The van der Waals surface area contributed by atoms with Gasteiger partial charge in [-0.15, -0.1) is 0 Å². The lowest BCUT2D eigenvalue weighted by atomic mass is 9.87. The molecule has 23 heavy (non-hydrogen) atoms. The van der Waals surface area contributed by atoms with Gasteiger partial charge in [0.05, 0.1) is 24.9 Å². The fraction of sp³-hybridized carbons (Fsp3) is 0.750. The third-order valence-electron chi connectivity index (χ3n) is 4.99. The molecule has 0 saturated carbocycles. The van der Waals surface area contributed by atoms with Gasteiger partial charge in [-0.3, -0.25) is 14.6 Å². The van der Waals surface area contributed by atoms with Crippen molar-refractivity contribution < 1.29 is 4.74 Å². The van der Waals surface area contributed by atoms with Gasteiger partial charge in [-0.2, -0.15) is 5.10 Å². The van der Waals surface area contributed by atoms with Crippen molar-refractivity contribution in [2.75, 3.05) is 46.4 Å². The lowest BCUT2D eigenvalue weighted by molar-refractivity contribution is 0.0671. The predicted molar refractivity (Wildman–Crippen MR) is 90.2 cm³/mol. The fourth-order valence-electron chi connectivity index (χ4n) is 3.70. The summed E-state index contributed by atoms with van der Waals surface area (Å²) in [5.74, 6) is 1.13. The molecule has 7 nitrogen and oxygen atoms in total. The Bertz CT molecular complexity index is 536. The normalized spacial score (nSPS) is 27.4. The van der Waals surface area contributed by atoms with Crippen LogP contribution in [-0.2, 0) is 11.8 Å². The molecule has 0 spiro atoms. The molecule has 0 amide bonds. The number of piperidine rings is 1. The van der Waals surface area contributed by atoms with Crippen LogP contribution in [0, 0.1) is 5.92 Å². The number of morpholine rings is 1. The van der Waals surface area contributed by atoms with Crippen molar-refractivity contribution in [3.63, 3.8) is 0 Å². The van der Waals surface area contributed by atoms with Crippen LogP contribution < -0.4 is 5.73 Å². The van der Waals surface area contributed by atoms with Crippen LogP contribution in [0.25, 0.3) is 0 Å². The summed E-state index contributed by atoms with van der Waals surface area (Å²) in [7, 11) is 4.21. The van der Waals surface area contributed by atoms with Gasteiger partial charge in [0.25, 0.3) is 0 Å². The van der Waals surface area contributed by atoms with E-state index in [0.29, 0.717) is 17.9 Å². The summed E-state index contributed by atoms with van der Waals surface area (Å²) in [5, 5.41) is 4.34. The SMILES string of the molecule is CN1CCC[C@@H](CN=C(N)N2CCOCC2)[C@@H]1c1ccnn1C. The van der Waals surface area contributed by atoms with E-state index in [-0.39, 0.29) is 0 Å². The fourth-order valence-corrected chi connectivity index (χ4v) is 3.70. The third kappa shape index (κ3) is 3.67. The minimum absolute atomic E-state index is 0.359. The molecule has 128 valence electrons. The molecule has 2 aliphatic heterocycles. The topological polar surface area (TPSA) is 71.9 Å². The van der Waals surface area contributed by atoms with Crippen molar-refractivity contribution in [3.8, 4) is 0 Å². The zero-order chi connectivity index (χ0) is 16.2. The van der Waals surface area contributed by atoms with Gasteiger partial charge in [0.2, 0.25) is 0 Å². The molecule has 0 unspecified atom stereocenters. The molecule has 2 atom stereocenters. The van der Waals surface area contributed by atoms with Gasteiger partial charge in [-0.25, -0.2) is 0 Å². The number of hydrogen-bond donors (Lipinski definition) is 1. The van der Waals surface area contributed by atoms with Crippen LogP contribution in [0.5, 0.6) is 0 Å². The van der Waals surface area contributed by atoms with Crippen molar-refractivity contribution in [1.82, 2.24) is 19.6 Å². The molecule has 7 heteroatoms. The van der Waals surface area contributed by atoms with Gasteiger partial charge >= 0.3 is 0 Å². The maximum atomic E-state index is 6.18. The average molecular weight is 320 g/mol. The van der Waals surface area contributed by atoms with E-state index in [4.69, 9.17) is 15.5 Å². The van der Waals surface area contributed by atoms with Gasteiger partial charge in [0.15, 0.2) is 5.96 Å². The maximum Gasteiger partial charge on any atom is 0.191 e. The summed E-state index contributed by atoms with van der Waals surface area (Å²) >= 11 is 0. The minimum atomic E-state index is 0.359. The molecule has 3 heterocycles.